The van der Waals surface area contributed by atoms with Crippen molar-refractivity contribution in [1.29, 1.82) is 0 Å². The molecule has 25 heavy (non-hydrogen) atoms. The smallest absolute Gasteiger partial charge is 0.225 e. The lowest BCUT2D eigenvalue weighted by Gasteiger charge is -2.14. The average molecular weight is 339 g/mol. The molecular weight excluding hydrogens is 314 g/mol. The third-order valence-corrected chi connectivity index (χ3v) is 4.65. The molecule has 2 N–H and O–H groups in total. The Bertz CT molecular complexity index is 687. The molecule has 2 aromatic rings. The van der Waals surface area contributed by atoms with Crippen LogP contribution in [-0.2, 0) is 29.3 Å². The van der Waals surface area contributed by atoms with Crippen molar-refractivity contribution in [2.24, 2.45) is 5.92 Å². The Morgan fingerprint density at radius 3 is 2.48 bits per heavy atom. The first-order valence-electron chi connectivity index (χ1n) is 8.87. The molecule has 0 aromatic heterocycles. The summed E-state index contributed by atoms with van der Waals surface area (Å²) in [6.45, 7) is 1.61. The summed E-state index contributed by atoms with van der Waals surface area (Å²) in [4.78, 5) is 12.1. The lowest BCUT2D eigenvalue weighted by Crippen LogP contribution is -2.34. The van der Waals surface area contributed by atoms with Crippen LogP contribution < -0.4 is 5.32 Å². The second-order valence-corrected chi connectivity index (χ2v) is 6.62. The van der Waals surface area contributed by atoms with Crippen LogP contribution in [0.25, 0.3) is 0 Å². The third-order valence-electron chi connectivity index (χ3n) is 4.65. The maximum atomic E-state index is 12.1. The minimum Gasteiger partial charge on any atom is -0.392 e. The zero-order valence-corrected chi connectivity index (χ0v) is 14.4. The zero-order chi connectivity index (χ0) is 17.5. The van der Waals surface area contributed by atoms with Gasteiger partial charge in [-0.3, -0.25) is 4.79 Å². The van der Waals surface area contributed by atoms with Gasteiger partial charge in [0.1, 0.15) is 0 Å². The fourth-order valence-corrected chi connectivity index (χ4v) is 3.26. The van der Waals surface area contributed by atoms with Crippen molar-refractivity contribution in [1.82, 2.24) is 5.32 Å². The highest BCUT2D eigenvalue weighted by Crippen LogP contribution is 2.25. The van der Waals surface area contributed by atoms with Crippen molar-refractivity contribution < 1.29 is 14.6 Å². The van der Waals surface area contributed by atoms with Crippen molar-refractivity contribution >= 4 is 5.91 Å². The Morgan fingerprint density at radius 2 is 1.72 bits per heavy atom. The molecule has 3 rings (SSSR count). The number of carbonyl (C=O) groups is 1. The summed E-state index contributed by atoms with van der Waals surface area (Å²) in [6.07, 6.45) is 1.94. The molecule has 2 unspecified atom stereocenters. The zero-order valence-electron chi connectivity index (χ0n) is 14.4. The van der Waals surface area contributed by atoms with Crippen LogP contribution in [0.1, 0.15) is 36.0 Å². The Hall–Kier alpha value is -2.17. The van der Waals surface area contributed by atoms with Gasteiger partial charge in [0.05, 0.1) is 25.2 Å². The summed E-state index contributed by atoms with van der Waals surface area (Å²) >= 11 is 0. The van der Waals surface area contributed by atoms with Crippen molar-refractivity contribution in [2.75, 3.05) is 0 Å². The predicted octanol–water partition coefficient (Wildman–Crippen LogP) is 3.18. The molecule has 4 heteroatoms. The van der Waals surface area contributed by atoms with E-state index in [4.69, 9.17) is 4.74 Å². The fraction of sp³-hybridized carbons (Fsp3) is 0.381. The van der Waals surface area contributed by atoms with Crippen LogP contribution in [0.5, 0.6) is 0 Å². The summed E-state index contributed by atoms with van der Waals surface area (Å²) in [5.41, 5.74) is 3.28. The SMILES string of the molecule is O=C(NCc1cccc(COCc2ccccc2)c1)C1CCCC1O. The molecule has 4 nitrogen and oxygen atoms in total. The van der Waals surface area contributed by atoms with Crippen LogP contribution in [0.2, 0.25) is 0 Å². The van der Waals surface area contributed by atoms with Crippen molar-refractivity contribution in [3.63, 3.8) is 0 Å². The minimum absolute atomic E-state index is 0.0456. The van der Waals surface area contributed by atoms with Crippen molar-refractivity contribution in [3.05, 3.63) is 71.3 Å². The van der Waals surface area contributed by atoms with E-state index in [0.717, 1.165) is 36.0 Å². The Kier molecular flexibility index (Phi) is 6.20. The molecule has 0 radical (unpaired) electrons. The molecule has 0 saturated heterocycles. The molecular formula is C21H25NO3. The maximum Gasteiger partial charge on any atom is 0.225 e. The van der Waals surface area contributed by atoms with Crippen LogP contribution in [-0.4, -0.2) is 17.1 Å². The number of carbonyl (C=O) groups excluding carboxylic acids is 1. The topological polar surface area (TPSA) is 58.6 Å². The summed E-state index contributed by atoms with van der Waals surface area (Å²) in [6, 6.07) is 18.1. The maximum absolute atomic E-state index is 12.1. The molecule has 0 spiro atoms. The third kappa shape index (κ3) is 5.15. The van der Waals surface area contributed by atoms with Crippen LogP contribution >= 0.6 is 0 Å². The number of ether oxygens (including phenoxy) is 1. The Labute approximate surface area is 148 Å². The number of aliphatic hydroxyl groups is 1. The van der Waals surface area contributed by atoms with Crippen LogP contribution in [0.15, 0.2) is 54.6 Å². The largest absolute Gasteiger partial charge is 0.392 e. The van der Waals surface area contributed by atoms with Gasteiger partial charge in [-0.25, -0.2) is 0 Å². The number of hydrogen-bond donors (Lipinski definition) is 2. The lowest BCUT2D eigenvalue weighted by atomic mass is 10.0. The number of amides is 1. The van der Waals surface area contributed by atoms with E-state index in [0.29, 0.717) is 19.8 Å². The molecule has 1 aliphatic rings. The van der Waals surface area contributed by atoms with Crippen molar-refractivity contribution in [2.45, 2.75) is 45.1 Å². The van der Waals surface area contributed by atoms with E-state index in [1.54, 1.807) is 0 Å². The predicted molar refractivity (Wildman–Crippen MR) is 96.6 cm³/mol. The molecule has 0 aliphatic heterocycles. The van der Waals surface area contributed by atoms with Crippen molar-refractivity contribution in [3.8, 4) is 0 Å². The number of aliphatic hydroxyl groups excluding tert-OH is 1. The summed E-state index contributed by atoms with van der Waals surface area (Å²) in [5.74, 6) is -0.298. The average Bonchev–Trinajstić information content (AvgIpc) is 3.07. The summed E-state index contributed by atoms with van der Waals surface area (Å²) in [5, 5.41) is 12.8. The highest BCUT2D eigenvalue weighted by Gasteiger charge is 2.31. The van der Waals surface area contributed by atoms with E-state index in [1.807, 2.05) is 48.5 Å². The van der Waals surface area contributed by atoms with Crippen LogP contribution in [0.3, 0.4) is 0 Å². The molecule has 0 heterocycles. The molecule has 1 amide bonds. The fourth-order valence-electron chi connectivity index (χ4n) is 3.26. The standard InChI is InChI=1S/C21H25NO3/c23-20-11-5-10-19(20)21(24)22-13-17-8-4-9-18(12-17)15-25-14-16-6-2-1-3-7-16/h1-4,6-9,12,19-20,23H,5,10-11,13-15H2,(H,22,24). The van der Waals surface area contributed by atoms with E-state index < -0.39 is 6.10 Å². The Morgan fingerprint density at radius 1 is 1.00 bits per heavy atom. The quantitative estimate of drug-likeness (QED) is 0.814. The molecule has 1 saturated carbocycles. The normalized spacial score (nSPS) is 19.7. The second kappa shape index (κ2) is 8.79. The highest BCUT2D eigenvalue weighted by molar-refractivity contribution is 5.79. The number of nitrogens with one attached hydrogen (secondary N) is 1. The van der Waals surface area contributed by atoms with Gasteiger partial charge in [-0.15, -0.1) is 0 Å². The lowest BCUT2D eigenvalue weighted by molar-refractivity contribution is -0.127. The second-order valence-electron chi connectivity index (χ2n) is 6.62. The van der Waals surface area contributed by atoms with Gasteiger partial charge in [0.15, 0.2) is 0 Å². The highest BCUT2D eigenvalue weighted by atomic mass is 16.5. The first-order valence-corrected chi connectivity index (χ1v) is 8.87. The van der Waals surface area contributed by atoms with Gasteiger partial charge in [-0.1, -0.05) is 54.6 Å². The number of benzene rings is 2. The van der Waals surface area contributed by atoms with Gasteiger partial charge in [0.25, 0.3) is 0 Å². The summed E-state index contributed by atoms with van der Waals surface area (Å²) < 4.78 is 5.76. The molecule has 132 valence electrons. The van der Waals surface area contributed by atoms with Gasteiger partial charge in [-0.2, -0.15) is 0 Å². The van der Waals surface area contributed by atoms with Gasteiger partial charge < -0.3 is 15.2 Å². The minimum atomic E-state index is -0.488. The van der Waals surface area contributed by atoms with Crippen LogP contribution in [0.4, 0.5) is 0 Å². The first-order chi connectivity index (χ1) is 12.2. The molecule has 1 aliphatic carbocycles. The Balaban J connectivity index is 1.47. The molecule has 1 fully saturated rings. The van der Waals surface area contributed by atoms with E-state index >= 15 is 0 Å². The van der Waals surface area contributed by atoms with Gasteiger partial charge in [0.2, 0.25) is 5.91 Å². The number of rotatable bonds is 7. The van der Waals surface area contributed by atoms with Crippen LogP contribution in [0, 0.1) is 5.92 Å². The van der Waals surface area contributed by atoms with E-state index in [1.165, 1.54) is 0 Å². The van der Waals surface area contributed by atoms with E-state index in [2.05, 4.69) is 11.4 Å². The summed E-state index contributed by atoms with van der Waals surface area (Å²) in [7, 11) is 0. The van der Waals surface area contributed by atoms with Gasteiger partial charge in [-0.05, 0) is 36.0 Å². The van der Waals surface area contributed by atoms with Gasteiger partial charge >= 0.3 is 0 Å². The van der Waals surface area contributed by atoms with Gasteiger partial charge in [0, 0.05) is 6.54 Å². The molecule has 0 bridgehead atoms. The van der Waals surface area contributed by atoms with E-state index in [9.17, 15) is 9.90 Å². The van der Waals surface area contributed by atoms with E-state index in [-0.39, 0.29) is 11.8 Å². The number of hydrogen-bond acceptors (Lipinski definition) is 3. The monoisotopic (exact) mass is 339 g/mol. The first kappa shape index (κ1) is 17.6. The molecule has 2 atom stereocenters. The molecule has 2 aromatic carbocycles.